The van der Waals surface area contributed by atoms with Crippen molar-refractivity contribution in [1.29, 1.82) is 0 Å². The van der Waals surface area contributed by atoms with Crippen LogP contribution in [0.15, 0.2) is 23.2 Å². The first kappa shape index (κ1) is 12.7. The van der Waals surface area contributed by atoms with Crippen molar-refractivity contribution in [2.45, 2.75) is 32.4 Å². The lowest BCUT2D eigenvalue weighted by Crippen LogP contribution is -2.42. The van der Waals surface area contributed by atoms with Gasteiger partial charge in [-0.15, -0.1) is 0 Å². The number of halogens is 1. The Morgan fingerprint density at radius 3 is 2.89 bits per heavy atom. The minimum absolute atomic E-state index is 0.0698. The van der Waals surface area contributed by atoms with E-state index in [-0.39, 0.29) is 17.8 Å². The van der Waals surface area contributed by atoms with Gasteiger partial charge in [0.15, 0.2) is 5.96 Å². The fourth-order valence-electron chi connectivity index (χ4n) is 2.29. The van der Waals surface area contributed by atoms with Gasteiger partial charge in [-0.05, 0) is 31.0 Å². The van der Waals surface area contributed by atoms with Gasteiger partial charge >= 0.3 is 0 Å². The third-order valence-corrected chi connectivity index (χ3v) is 3.38. The molecular formula is C13H18FN3O. The van der Waals surface area contributed by atoms with Crippen LogP contribution in [-0.2, 0) is 0 Å². The van der Waals surface area contributed by atoms with Gasteiger partial charge in [-0.2, -0.15) is 0 Å². The molecule has 0 saturated carbocycles. The first-order valence-corrected chi connectivity index (χ1v) is 6.10. The molecule has 0 saturated heterocycles. The molecule has 1 aliphatic rings. The third kappa shape index (κ3) is 2.25. The average Bonchev–Trinajstić information content (AvgIpc) is 2.69. The summed E-state index contributed by atoms with van der Waals surface area (Å²) in [7, 11) is 0. The molecule has 0 radical (unpaired) electrons. The molecule has 1 aromatic carbocycles. The van der Waals surface area contributed by atoms with Crippen LogP contribution < -0.4 is 5.73 Å². The Labute approximate surface area is 106 Å². The summed E-state index contributed by atoms with van der Waals surface area (Å²) in [6, 6.07) is 4.22. The summed E-state index contributed by atoms with van der Waals surface area (Å²) in [6.45, 7) is 4.62. The maximum atomic E-state index is 13.3. The van der Waals surface area contributed by atoms with Crippen LogP contribution in [0.3, 0.4) is 0 Å². The van der Waals surface area contributed by atoms with Crippen LogP contribution in [0.2, 0.25) is 0 Å². The minimum atomic E-state index is -0.445. The molecule has 2 rings (SSSR count). The van der Waals surface area contributed by atoms with E-state index in [4.69, 9.17) is 5.73 Å². The molecule has 18 heavy (non-hydrogen) atoms. The number of rotatable bonds is 3. The van der Waals surface area contributed by atoms with E-state index in [2.05, 4.69) is 18.8 Å². The molecule has 5 heteroatoms. The first-order valence-electron chi connectivity index (χ1n) is 6.10. The highest BCUT2D eigenvalue weighted by Gasteiger charge is 2.30. The second-order valence-corrected chi connectivity index (χ2v) is 4.62. The van der Waals surface area contributed by atoms with Crippen LogP contribution in [0.5, 0.6) is 5.75 Å². The molecule has 4 nitrogen and oxygen atoms in total. The number of nitrogens with two attached hydrogens (primary N) is 1. The van der Waals surface area contributed by atoms with Gasteiger partial charge in [0.2, 0.25) is 0 Å². The molecule has 0 amide bonds. The first-order chi connectivity index (χ1) is 8.52. The van der Waals surface area contributed by atoms with Crippen molar-refractivity contribution in [3.05, 3.63) is 29.6 Å². The molecule has 2 unspecified atom stereocenters. The van der Waals surface area contributed by atoms with E-state index < -0.39 is 5.82 Å². The van der Waals surface area contributed by atoms with E-state index in [1.165, 1.54) is 6.07 Å². The molecule has 0 aromatic heterocycles. The Kier molecular flexibility index (Phi) is 3.41. The maximum Gasteiger partial charge on any atom is 0.192 e. The topological polar surface area (TPSA) is 61.8 Å². The number of guanidine groups is 1. The van der Waals surface area contributed by atoms with Gasteiger partial charge in [-0.1, -0.05) is 6.92 Å². The van der Waals surface area contributed by atoms with Crippen molar-refractivity contribution >= 4 is 5.96 Å². The lowest BCUT2D eigenvalue weighted by Gasteiger charge is -2.32. The van der Waals surface area contributed by atoms with E-state index in [1.54, 1.807) is 6.07 Å². The van der Waals surface area contributed by atoms with Gasteiger partial charge in [0, 0.05) is 12.1 Å². The highest BCUT2D eigenvalue weighted by molar-refractivity contribution is 5.80. The van der Waals surface area contributed by atoms with Crippen LogP contribution in [0.25, 0.3) is 0 Å². The highest BCUT2D eigenvalue weighted by Crippen LogP contribution is 2.30. The van der Waals surface area contributed by atoms with Crippen molar-refractivity contribution in [2.24, 2.45) is 10.7 Å². The fourth-order valence-corrected chi connectivity index (χ4v) is 2.29. The summed E-state index contributed by atoms with van der Waals surface area (Å²) >= 11 is 0. The van der Waals surface area contributed by atoms with Gasteiger partial charge in [0.25, 0.3) is 0 Å². The van der Waals surface area contributed by atoms with Crippen molar-refractivity contribution in [3.8, 4) is 5.75 Å². The predicted molar refractivity (Wildman–Crippen MR) is 68.9 cm³/mol. The number of hydrogen-bond acceptors (Lipinski definition) is 4. The molecule has 0 aliphatic carbocycles. The number of hydrogen-bond donors (Lipinski definition) is 2. The largest absolute Gasteiger partial charge is 0.508 e. The summed E-state index contributed by atoms with van der Waals surface area (Å²) in [5.74, 6) is -0.0303. The zero-order chi connectivity index (χ0) is 13.3. The van der Waals surface area contributed by atoms with E-state index >= 15 is 0 Å². The second kappa shape index (κ2) is 4.84. The summed E-state index contributed by atoms with van der Waals surface area (Å²) in [4.78, 5) is 6.20. The number of phenols is 1. The Morgan fingerprint density at radius 2 is 2.28 bits per heavy atom. The fraction of sp³-hybridized carbons (Fsp3) is 0.462. The summed E-state index contributed by atoms with van der Waals surface area (Å²) in [6.07, 6.45) is 0.925. The SMILES string of the molecule is CCC(C)N1C(N)=NCC1c1cc(O)cc(F)c1. The quantitative estimate of drug-likeness (QED) is 0.863. The standard InChI is InChI=1S/C13H18FN3O/c1-3-8(2)17-12(7-16-13(17)15)9-4-10(14)6-11(18)5-9/h4-6,8,12,18H,3,7H2,1-2H3,(H2,15,16). The Morgan fingerprint density at radius 1 is 1.56 bits per heavy atom. The molecule has 2 atom stereocenters. The molecule has 0 spiro atoms. The number of aliphatic imine (C=N–C) groups is 1. The van der Waals surface area contributed by atoms with Crippen molar-refractivity contribution in [3.63, 3.8) is 0 Å². The van der Waals surface area contributed by atoms with E-state index in [9.17, 15) is 9.50 Å². The average molecular weight is 251 g/mol. The number of benzene rings is 1. The zero-order valence-corrected chi connectivity index (χ0v) is 10.6. The second-order valence-electron chi connectivity index (χ2n) is 4.62. The molecule has 1 aliphatic heterocycles. The van der Waals surface area contributed by atoms with Crippen molar-refractivity contribution < 1.29 is 9.50 Å². The van der Waals surface area contributed by atoms with Gasteiger partial charge in [-0.3, -0.25) is 4.99 Å². The molecule has 3 N–H and O–H groups in total. The monoisotopic (exact) mass is 251 g/mol. The highest BCUT2D eigenvalue weighted by atomic mass is 19.1. The minimum Gasteiger partial charge on any atom is -0.508 e. The van der Waals surface area contributed by atoms with Gasteiger partial charge in [0.1, 0.15) is 11.6 Å². The molecule has 1 heterocycles. The van der Waals surface area contributed by atoms with E-state index in [0.717, 1.165) is 12.5 Å². The number of aromatic hydroxyl groups is 1. The Hall–Kier alpha value is -1.78. The van der Waals surface area contributed by atoms with Crippen LogP contribution in [-0.4, -0.2) is 28.6 Å². The number of phenolic OH excluding ortho intramolecular Hbond substituents is 1. The van der Waals surface area contributed by atoms with E-state index in [0.29, 0.717) is 18.1 Å². The van der Waals surface area contributed by atoms with Crippen molar-refractivity contribution in [2.75, 3.05) is 6.54 Å². The number of nitrogens with zero attached hydrogens (tertiary/aromatic N) is 2. The van der Waals surface area contributed by atoms with E-state index in [1.807, 2.05) is 4.90 Å². The third-order valence-electron chi connectivity index (χ3n) is 3.38. The Bertz CT molecular complexity index is 455. The van der Waals surface area contributed by atoms with Crippen molar-refractivity contribution in [1.82, 2.24) is 4.90 Å². The maximum absolute atomic E-state index is 13.3. The lowest BCUT2D eigenvalue weighted by atomic mass is 10.0. The van der Waals surface area contributed by atoms with Gasteiger partial charge < -0.3 is 15.7 Å². The molecule has 1 aromatic rings. The summed E-state index contributed by atoms with van der Waals surface area (Å²) in [5, 5.41) is 9.48. The predicted octanol–water partition coefficient (Wildman–Crippen LogP) is 2.00. The summed E-state index contributed by atoms with van der Waals surface area (Å²) < 4.78 is 13.3. The van der Waals surface area contributed by atoms with Gasteiger partial charge in [-0.25, -0.2) is 4.39 Å². The van der Waals surface area contributed by atoms with Crippen LogP contribution in [0.1, 0.15) is 31.9 Å². The molecular weight excluding hydrogens is 233 g/mol. The van der Waals surface area contributed by atoms with Crippen LogP contribution >= 0.6 is 0 Å². The molecule has 0 fully saturated rings. The van der Waals surface area contributed by atoms with Gasteiger partial charge in [0.05, 0.1) is 12.6 Å². The smallest absolute Gasteiger partial charge is 0.192 e. The lowest BCUT2D eigenvalue weighted by molar-refractivity contribution is 0.267. The molecule has 98 valence electrons. The molecule has 0 bridgehead atoms. The zero-order valence-electron chi connectivity index (χ0n) is 10.6. The summed E-state index contributed by atoms with van der Waals surface area (Å²) in [5.41, 5.74) is 6.58. The normalized spacial score (nSPS) is 20.9. The van der Waals surface area contributed by atoms with Crippen LogP contribution in [0, 0.1) is 5.82 Å². The van der Waals surface area contributed by atoms with Crippen LogP contribution in [0.4, 0.5) is 4.39 Å². The Balaban J connectivity index is 2.32.